The Kier molecular flexibility index (Phi) is 4.21. The summed E-state index contributed by atoms with van der Waals surface area (Å²) >= 11 is 0. The minimum atomic E-state index is 0.703. The van der Waals surface area contributed by atoms with Crippen molar-refractivity contribution >= 4 is 28.5 Å². The standard InChI is InChI=1S/C21H22N6O/c1-15-14-18-19(22-15)24-21(27-10-12-28-13-11-27)25-20(18)23-16-4-6-17(7-5-16)26-8-2-3-9-26/h2-9,14H,10-13H2,1H3,(H2,22,23,24,25). The van der Waals surface area contributed by atoms with Gasteiger partial charge in [-0.15, -0.1) is 0 Å². The molecule has 7 nitrogen and oxygen atoms in total. The van der Waals surface area contributed by atoms with Gasteiger partial charge in [-0.1, -0.05) is 0 Å². The molecule has 0 atom stereocenters. The number of anilines is 3. The Bertz CT molecular complexity index is 1080. The minimum Gasteiger partial charge on any atom is -0.378 e. The first kappa shape index (κ1) is 16.8. The molecular formula is C21H22N6O. The van der Waals surface area contributed by atoms with Gasteiger partial charge >= 0.3 is 0 Å². The molecule has 4 heterocycles. The van der Waals surface area contributed by atoms with Crippen molar-refractivity contribution in [3.63, 3.8) is 0 Å². The van der Waals surface area contributed by atoms with Gasteiger partial charge < -0.3 is 24.5 Å². The lowest BCUT2D eigenvalue weighted by Gasteiger charge is -2.27. The third kappa shape index (κ3) is 3.20. The maximum atomic E-state index is 5.46. The van der Waals surface area contributed by atoms with Crippen LogP contribution in [0.2, 0.25) is 0 Å². The molecule has 1 aromatic carbocycles. The van der Waals surface area contributed by atoms with Crippen molar-refractivity contribution in [3.05, 3.63) is 60.6 Å². The highest BCUT2D eigenvalue weighted by atomic mass is 16.5. The number of rotatable bonds is 4. The normalized spacial score (nSPS) is 14.5. The number of nitrogens with zero attached hydrogens (tertiary/aromatic N) is 4. The Balaban J connectivity index is 1.48. The zero-order chi connectivity index (χ0) is 18.9. The van der Waals surface area contributed by atoms with E-state index in [4.69, 9.17) is 14.7 Å². The van der Waals surface area contributed by atoms with E-state index in [9.17, 15) is 0 Å². The number of aromatic nitrogens is 4. The van der Waals surface area contributed by atoms with Crippen LogP contribution in [0, 0.1) is 6.92 Å². The number of hydrogen-bond acceptors (Lipinski definition) is 5. The molecule has 1 fully saturated rings. The summed E-state index contributed by atoms with van der Waals surface area (Å²) < 4.78 is 7.54. The Morgan fingerprint density at radius 1 is 1.04 bits per heavy atom. The largest absolute Gasteiger partial charge is 0.378 e. The molecule has 5 rings (SSSR count). The summed E-state index contributed by atoms with van der Waals surface area (Å²) in [6.07, 6.45) is 4.07. The first-order valence-corrected chi connectivity index (χ1v) is 9.47. The second-order valence-electron chi connectivity index (χ2n) is 6.95. The van der Waals surface area contributed by atoms with Crippen molar-refractivity contribution in [1.82, 2.24) is 19.5 Å². The molecule has 2 N–H and O–H groups in total. The lowest BCUT2D eigenvalue weighted by molar-refractivity contribution is 0.122. The minimum absolute atomic E-state index is 0.703. The maximum Gasteiger partial charge on any atom is 0.229 e. The molecule has 142 valence electrons. The van der Waals surface area contributed by atoms with E-state index in [1.165, 1.54) is 0 Å². The quantitative estimate of drug-likeness (QED) is 0.571. The number of hydrogen-bond donors (Lipinski definition) is 2. The number of aryl methyl sites for hydroxylation is 1. The molecule has 1 aliphatic rings. The molecule has 1 aliphatic heterocycles. The van der Waals surface area contributed by atoms with Crippen molar-refractivity contribution < 1.29 is 4.74 Å². The SMILES string of the molecule is Cc1cc2c(Nc3ccc(-n4cccc4)cc3)nc(N3CCOCC3)nc2[nH]1. The van der Waals surface area contributed by atoms with Crippen LogP contribution in [0.4, 0.5) is 17.5 Å². The van der Waals surface area contributed by atoms with Gasteiger partial charge in [-0.3, -0.25) is 0 Å². The van der Waals surface area contributed by atoms with E-state index in [0.29, 0.717) is 13.2 Å². The van der Waals surface area contributed by atoms with E-state index in [1.807, 2.05) is 31.5 Å². The summed E-state index contributed by atoms with van der Waals surface area (Å²) in [4.78, 5) is 15.1. The van der Waals surface area contributed by atoms with Crippen LogP contribution in [-0.2, 0) is 4.74 Å². The highest BCUT2D eigenvalue weighted by Gasteiger charge is 2.17. The Labute approximate surface area is 163 Å². The summed E-state index contributed by atoms with van der Waals surface area (Å²) in [6.45, 7) is 5.04. The first-order chi connectivity index (χ1) is 13.8. The zero-order valence-corrected chi connectivity index (χ0v) is 15.7. The number of ether oxygens (including phenoxy) is 1. The molecule has 4 aromatic rings. The van der Waals surface area contributed by atoms with Gasteiger partial charge in [0, 0.05) is 42.6 Å². The number of aromatic amines is 1. The summed E-state index contributed by atoms with van der Waals surface area (Å²) in [6, 6.07) is 14.4. The smallest absolute Gasteiger partial charge is 0.229 e. The molecule has 0 radical (unpaired) electrons. The number of morpholine rings is 1. The van der Waals surface area contributed by atoms with Crippen LogP contribution in [0.1, 0.15) is 5.69 Å². The van der Waals surface area contributed by atoms with Gasteiger partial charge in [-0.25, -0.2) is 0 Å². The van der Waals surface area contributed by atoms with Crippen molar-refractivity contribution in [2.24, 2.45) is 0 Å². The van der Waals surface area contributed by atoms with Crippen molar-refractivity contribution in [2.75, 3.05) is 36.5 Å². The summed E-state index contributed by atoms with van der Waals surface area (Å²) in [5.41, 5.74) is 4.02. The van der Waals surface area contributed by atoms with Crippen molar-refractivity contribution in [2.45, 2.75) is 6.92 Å². The Hall–Kier alpha value is -3.32. The molecule has 0 saturated carbocycles. The predicted molar refractivity (Wildman–Crippen MR) is 111 cm³/mol. The second kappa shape index (κ2) is 7.01. The van der Waals surface area contributed by atoms with Crippen molar-refractivity contribution in [3.8, 4) is 5.69 Å². The predicted octanol–water partition coefficient (Wildman–Crippen LogP) is 3.64. The first-order valence-electron chi connectivity index (χ1n) is 9.47. The van der Waals surface area contributed by atoms with Gasteiger partial charge in [0.25, 0.3) is 0 Å². The summed E-state index contributed by atoms with van der Waals surface area (Å²) in [5.74, 6) is 1.54. The molecule has 3 aromatic heterocycles. The molecule has 0 spiro atoms. The van der Waals surface area contributed by atoms with Crippen LogP contribution in [0.5, 0.6) is 0 Å². The van der Waals surface area contributed by atoms with Gasteiger partial charge in [0.05, 0.1) is 18.6 Å². The van der Waals surface area contributed by atoms with Crippen LogP contribution >= 0.6 is 0 Å². The monoisotopic (exact) mass is 374 g/mol. The van der Waals surface area contributed by atoms with E-state index >= 15 is 0 Å². The number of nitrogens with one attached hydrogen (secondary N) is 2. The lowest BCUT2D eigenvalue weighted by Crippen LogP contribution is -2.37. The van der Waals surface area contributed by atoms with E-state index in [0.717, 1.165) is 53.0 Å². The molecule has 7 heteroatoms. The van der Waals surface area contributed by atoms with Gasteiger partial charge in [0.2, 0.25) is 5.95 Å². The highest BCUT2D eigenvalue weighted by Crippen LogP contribution is 2.27. The molecule has 0 amide bonds. The van der Waals surface area contributed by atoms with Crippen LogP contribution in [-0.4, -0.2) is 45.8 Å². The topological polar surface area (TPSA) is 71.0 Å². The molecule has 0 unspecified atom stereocenters. The lowest BCUT2D eigenvalue weighted by atomic mass is 10.2. The summed E-state index contributed by atoms with van der Waals surface area (Å²) in [5, 5.41) is 4.46. The molecule has 1 saturated heterocycles. The van der Waals surface area contributed by atoms with Crippen LogP contribution in [0.15, 0.2) is 54.9 Å². The van der Waals surface area contributed by atoms with E-state index in [1.54, 1.807) is 0 Å². The fourth-order valence-corrected chi connectivity index (χ4v) is 3.49. The van der Waals surface area contributed by atoms with Crippen LogP contribution in [0.25, 0.3) is 16.7 Å². The van der Waals surface area contributed by atoms with Gasteiger partial charge in [-0.05, 0) is 49.4 Å². The van der Waals surface area contributed by atoms with Crippen LogP contribution in [0.3, 0.4) is 0 Å². The fraction of sp³-hybridized carbons (Fsp3) is 0.238. The van der Waals surface area contributed by atoms with Crippen molar-refractivity contribution in [1.29, 1.82) is 0 Å². The average Bonchev–Trinajstić information content (AvgIpc) is 3.38. The Morgan fingerprint density at radius 3 is 2.54 bits per heavy atom. The van der Waals surface area contributed by atoms with Gasteiger partial charge in [0.15, 0.2) is 0 Å². The second-order valence-corrected chi connectivity index (χ2v) is 6.95. The number of H-pyrrole nitrogens is 1. The van der Waals surface area contributed by atoms with E-state index in [2.05, 4.69) is 50.1 Å². The number of benzene rings is 1. The van der Waals surface area contributed by atoms with Crippen LogP contribution < -0.4 is 10.2 Å². The molecule has 0 bridgehead atoms. The van der Waals surface area contributed by atoms with E-state index < -0.39 is 0 Å². The van der Waals surface area contributed by atoms with Gasteiger partial charge in [-0.2, -0.15) is 9.97 Å². The molecule has 28 heavy (non-hydrogen) atoms. The third-order valence-corrected chi connectivity index (χ3v) is 4.94. The average molecular weight is 374 g/mol. The Morgan fingerprint density at radius 2 is 1.79 bits per heavy atom. The fourth-order valence-electron chi connectivity index (χ4n) is 3.49. The number of fused-ring (bicyclic) bond motifs is 1. The molecular weight excluding hydrogens is 352 g/mol. The summed E-state index contributed by atoms with van der Waals surface area (Å²) in [7, 11) is 0. The zero-order valence-electron chi connectivity index (χ0n) is 15.7. The maximum absolute atomic E-state index is 5.46. The highest BCUT2D eigenvalue weighted by molar-refractivity contribution is 5.90. The van der Waals surface area contributed by atoms with E-state index in [-0.39, 0.29) is 0 Å². The third-order valence-electron chi connectivity index (χ3n) is 4.94. The molecule has 0 aliphatic carbocycles. The van der Waals surface area contributed by atoms with Gasteiger partial charge in [0.1, 0.15) is 11.5 Å².